The first-order chi connectivity index (χ1) is 15.5. The predicted octanol–water partition coefficient (Wildman–Crippen LogP) is 3.40. The number of nitrogens with zero attached hydrogens (tertiary/aromatic N) is 2. The normalized spacial score (nSPS) is 11.8. The summed E-state index contributed by atoms with van der Waals surface area (Å²) in [4.78, 5) is 29.5. The summed E-state index contributed by atoms with van der Waals surface area (Å²) in [6.07, 6.45) is 5.45. The number of hydrogen-bond acceptors (Lipinski definition) is 4. The van der Waals surface area contributed by atoms with E-state index in [0.29, 0.717) is 24.5 Å². The molecule has 1 atom stereocenters. The summed E-state index contributed by atoms with van der Waals surface area (Å²) in [5.41, 5.74) is 2.63. The highest BCUT2D eigenvalue weighted by Crippen LogP contribution is 2.13. The molecule has 0 aliphatic carbocycles. The molecule has 2 amide bonds. The van der Waals surface area contributed by atoms with Gasteiger partial charge in [0.2, 0.25) is 5.91 Å². The monoisotopic (exact) mass is 434 g/mol. The number of carbonyl (C=O) groups is 2. The zero-order valence-corrected chi connectivity index (χ0v) is 18.7. The molecule has 0 aliphatic heterocycles. The third-order valence-corrected chi connectivity index (χ3v) is 5.08. The van der Waals surface area contributed by atoms with Gasteiger partial charge in [-0.1, -0.05) is 38.1 Å². The Morgan fingerprint density at radius 2 is 1.72 bits per heavy atom. The first-order valence-corrected chi connectivity index (χ1v) is 10.8. The van der Waals surface area contributed by atoms with Crippen LogP contribution in [0.3, 0.4) is 0 Å². The lowest BCUT2D eigenvalue weighted by Crippen LogP contribution is -2.49. The molecule has 7 nitrogen and oxygen atoms in total. The van der Waals surface area contributed by atoms with E-state index in [1.54, 1.807) is 36.8 Å². The molecule has 0 bridgehead atoms. The zero-order chi connectivity index (χ0) is 22.9. The molecule has 2 N–H and O–H groups in total. The summed E-state index contributed by atoms with van der Waals surface area (Å²) in [6.45, 7) is 7.43. The highest BCUT2D eigenvalue weighted by atomic mass is 16.5. The van der Waals surface area contributed by atoms with E-state index in [-0.39, 0.29) is 17.7 Å². The Morgan fingerprint density at radius 3 is 2.31 bits per heavy atom. The SMILES string of the molecule is CCOc1ccc(C(=O)NC(C(=O)NCc2ccc(Cn3ccnc3)cc2)C(C)C)cc1. The third kappa shape index (κ3) is 6.44. The van der Waals surface area contributed by atoms with E-state index in [9.17, 15) is 9.59 Å². The van der Waals surface area contributed by atoms with Gasteiger partial charge in [0, 0.05) is 31.0 Å². The highest BCUT2D eigenvalue weighted by molar-refractivity contribution is 5.97. The number of carbonyl (C=O) groups excluding carboxylic acids is 2. The number of benzene rings is 2. The van der Waals surface area contributed by atoms with E-state index in [1.807, 2.05) is 55.8 Å². The highest BCUT2D eigenvalue weighted by Gasteiger charge is 2.24. The Hall–Kier alpha value is -3.61. The van der Waals surface area contributed by atoms with Crippen molar-refractivity contribution in [2.45, 2.75) is 39.9 Å². The maximum Gasteiger partial charge on any atom is 0.251 e. The minimum absolute atomic E-state index is 0.0563. The van der Waals surface area contributed by atoms with E-state index in [2.05, 4.69) is 15.6 Å². The lowest BCUT2D eigenvalue weighted by Gasteiger charge is -2.22. The summed E-state index contributed by atoms with van der Waals surface area (Å²) < 4.78 is 7.40. The largest absolute Gasteiger partial charge is 0.494 e. The Labute approximate surface area is 188 Å². The summed E-state index contributed by atoms with van der Waals surface area (Å²) in [6, 6.07) is 14.3. The van der Waals surface area contributed by atoms with Crippen LogP contribution in [0.15, 0.2) is 67.3 Å². The first-order valence-electron chi connectivity index (χ1n) is 10.8. The standard InChI is InChI=1S/C25H30N4O3/c1-4-32-22-11-9-21(10-12-22)24(30)28-23(18(2)3)25(31)27-15-19-5-7-20(8-6-19)16-29-14-13-26-17-29/h5-14,17-18,23H,4,15-16H2,1-3H3,(H,27,31)(H,28,30). The molecule has 7 heteroatoms. The maximum atomic E-state index is 12.8. The molecule has 0 saturated carbocycles. The molecule has 1 aromatic heterocycles. The van der Waals surface area contributed by atoms with Gasteiger partial charge < -0.3 is 19.9 Å². The Bertz CT molecular complexity index is 997. The quantitative estimate of drug-likeness (QED) is 0.512. The van der Waals surface area contributed by atoms with E-state index >= 15 is 0 Å². The summed E-state index contributed by atoms with van der Waals surface area (Å²) in [7, 11) is 0. The van der Waals surface area contributed by atoms with Crippen LogP contribution in [-0.4, -0.2) is 34.0 Å². The number of ether oxygens (including phenoxy) is 1. The van der Waals surface area contributed by atoms with E-state index in [0.717, 1.165) is 17.7 Å². The van der Waals surface area contributed by atoms with Crippen molar-refractivity contribution in [1.82, 2.24) is 20.2 Å². The van der Waals surface area contributed by atoms with E-state index < -0.39 is 6.04 Å². The number of hydrogen-bond donors (Lipinski definition) is 2. The van der Waals surface area contributed by atoms with Crippen molar-refractivity contribution in [1.29, 1.82) is 0 Å². The van der Waals surface area contributed by atoms with Gasteiger partial charge >= 0.3 is 0 Å². The molecule has 0 aliphatic rings. The molecule has 1 heterocycles. The van der Waals surface area contributed by atoms with Gasteiger partial charge in [-0.15, -0.1) is 0 Å². The maximum absolute atomic E-state index is 12.8. The van der Waals surface area contributed by atoms with Crippen LogP contribution >= 0.6 is 0 Å². The fraction of sp³-hybridized carbons (Fsp3) is 0.320. The molecule has 32 heavy (non-hydrogen) atoms. The van der Waals surface area contributed by atoms with Crippen LogP contribution in [-0.2, 0) is 17.9 Å². The average Bonchev–Trinajstić information content (AvgIpc) is 3.30. The van der Waals surface area contributed by atoms with Gasteiger partial charge in [0.05, 0.1) is 12.9 Å². The lowest BCUT2D eigenvalue weighted by atomic mass is 10.0. The fourth-order valence-electron chi connectivity index (χ4n) is 3.28. The van der Waals surface area contributed by atoms with Gasteiger partial charge in [0.25, 0.3) is 5.91 Å². The molecule has 0 fully saturated rings. The van der Waals surface area contributed by atoms with Crippen molar-refractivity contribution in [3.63, 3.8) is 0 Å². The number of imidazole rings is 1. The Kier molecular flexibility index (Phi) is 8.02. The van der Waals surface area contributed by atoms with Gasteiger partial charge in [-0.05, 0) is 48.2 Å². The van der Waals surface area contributed by atoms with Crippen molar-refractivity contribution in [3.05, 3.63) is 83.9 Å². The van der Waals surface area contributed by atoms with E-state index in [1.165, 1.54) is 0 Å². The molecule has 0 saturated heterocycles. The fourth-order valence-corrected chi connectivity index (χ4v) is 3.28. The van der Waals surface area contributed by atoms with Gasteiger partial charge in [-0.2, -0.15) is 0 Å². The minimum atomic E-state index is -0.630. The van der Waals surface area contributed by atoms with Crippen LogP contribution in [0.4, 0.5) is 0 Å². The second-order valence-corrected chi connectivity index (χ2v) is 7.92. The lowest BCUT2D eigenvalue weighted by molar-refractivity contribution is -0.124. The van der Waals surface area contributed by atoms with Crippen molar-refractivity contribution < 1.29 is 14.3 Å². The Balaban J connectivity index is 1.54. The van der Waals surface area contributed by atoms with Crippen molar-refractivity contribution in [2.24, 2.45) is 5.92 Å². The molecule has 3 aromatic rings. The van der Waals surface area contributed by atoms with E-state index in [4.69, 9.17) is 4.74 Å². The molecular formula is C25H30N4O3. The number of amides is 2. The number of rotatable bonds is 10. The van der Waals surface area contributed by atoms with Crippen molar-refractivity contribution in [2.75, 3.05) is 6.61 Å². The van der Waals surface area contributed by atoms with Crippen LogP contribution < -0.4 is 15.4 Å². The van der Waals surface area contributed by atoms with Crippen LogP contribution in [0, 0.1) is 5.92 Å². The Morgan fingerprint density at radius 1 is 1.03 bits per heavy atom. The average molecular weight is 435 g/mol. The molecule has 2 aromatic carbocycles. The van der Waals surface area contributed by atoms with Crippen LogP contribution in [0.1, 0.15) is 42.3 Å². The molecule has 3 rings (SSSR count). The predicted molar refractivity (Wildman–Crippen MR) is 123 cm³/mol. The second-order valence-electron chi connectivity index (χ2n) is 7.92. The van der Waals surface area contributed by atoms with Gasteiger partial charge in [-0.3, -0.25) is 9.59 Å². The number of aromatic nitrogens is 2. The van der Waals surface area contributed by atoms with Crippen LogP contribution in [0.2, 0.25) is 0 Å². The van der Waals surface area contributed by atoms with Crippen molar-refractivity contribution >= 4 is 11.8 Å². The second kappa shape index (κ2) is 11.1. The van der Waals surface area contributed by atoms with Crippen LogP contribution in [0.25, 0.3) is 0 Å². The van der Waals surface area contributed by atoms with Gasteiger partial charge in [0.1, 0.15) is 11.8 Å². The van der Waals surface area contributed by atoms with Gasteiger partial charge in [-0.25, -0.2) is 4.98 Å². The molecular weight excluding hydrogens is 404 g/mol. The summed E-state index contributed by atoms with van der Waals surface area (Å²) in [5.74, 6) is 0.157. The zero-order valence-electron chi connectivity index (χ0n) is 18.7. The topological polar surface area (TPSA) is 85.2 Å². The third-order valence-electron chi connectivity index (χ3n) is 5.08. The molecule has 1 unspecified atom stereocenters. The van der Waals surface area contributed by atoms with Crippen LogP contribution in [0.5, 0.6) is 5.75 Å². The summed E-state index contributed by atoms with van der Waals surface area (Å²) in [5, 5.41) is 5.79. The number of nitrogens with one attached hydrogen (secondary N) is 2. The molecule has 0 spiro atoms. The van der Waals surface area contributed by atoms with Crippen molar-refractivity contribution in [3.8, 4) is 5.75 Å². The molecule has 0 radical (unpaired) electrons. The molecule has 168 valence electrons. The first kappa shape index (κ1) is 23.1. The smallest absolute Gasteiger partial charge is 0.251 e. The minimum Gasteiger partial charge on any atom is -0.494 e. The summed E-state index contributed by atoms with van der Waals surface area (Å²) >= 11 is 0. The van der Waals surface area contributed by atoms with Gasteiger partial charge in [0.15, 0.2) is 0 Å².